The summed E-state index contributed by atoms with van der Waals surface area (Å²) in [6, 6.07) is 16.9. The van der Waals surface area contributed by atoms with Crippen LogP contribution in [-0.4, -0.2) is 18.9 Å². The van der Waals surface area contributed by atoms with Crippen LogP contribution in [0, 0.1) is 11.6 Å². The van der Waals surface area contributed by atoms with Crippen molar-refractivity contribution in [2.45, 2.75) is 19.8 Å². The van der Waals surface area contributed by atoms with Gasteiger partial charge >= 0.3 is 0 Å². The molecule has 5 nitrogen and oxygen atoms in total. The zero-order valence-electron chi connectivity index (χ0n) is 18.4. The van der Waals surface area contributed by atoms with E-state index in [0.29, 0.717) is 33.9 Å². The largest absolute Gasteiger partial charge is 0.496 e. The number of imide groups is 1. The minimum absolute atomic E-state index is 0.0227. The van der Waals surface area contributed by atoms with Crippen molar-refractivity contribution in [3.8, 4) is 5.75 Å². The lowest BCUT2D eigenvalue weighted by Crippen LogP contribution is -2.33. The molecule has 7 heteroatoms. The smallest absolute Gasteiger partial charge is 0.282 e. The molecule has 0 aliphatic carbocycles. The third kappa shape index (κ3) is 4.09. The van der Waals surface area contributed by atoms with Crippen molar-refractivity contribution < 1.29 is 23.1 Å². The number of carbonyl (C=O) groups excluding carboxylic acids is 2. The minimum Gasteiger partial charge on any atom is -0.496 e. The third-order valence-corrected chi connectivity index (χ3v) is 5.46. The molecule has 0 aromatic heterocycles. The number of hydrogen-bond acceptors (Lipinski definition) is 4. The third-order valence-electron chi connectivity index (χ3n) is 5.46. The summed E-state index contributed by atoms with van der Waals surface area (Å²) in [6.45, 7) is 4.14. The van der Waals surface area contributed by atoms with Crippen molar-refractivity contribution in [1.29, 1.82) is 0 Å². The lowest BCUT2D eigenvalue weighted by atomic mass is 10.0. The highest BCUT2D eigenvalue weighted by atomic mass is 19.1. The molecule has 2 amide bonds. The molecule has 3 aromatic carbocycles. The Morgan fingerprint density at radius 1 is 0.909 bits per heavy atom. The fourth-order valence-electron chi connectivity index (χ4n) is 3.72. The van der Waals surface area contributed by atoms with Crippen LogP contribution in [0.2, 0.25) is 0 Å². The van der Waals surface area contributed by atoms with Crippen LogP contribution in [0.25, 0.3) is 5.57 Å². The van der Waals surface area contributed by atoms with Gasteiger partial charge in [0.1, 0.15) is 23.1 Å². The second-order valence-corrected chi connectivity index (χ2v) is 7.89. The van der Waals surface area contributed by atoms with E-state index in [1.165, 1.54) is 7.11 Å². The summed E-state index contributed by atoms with van der Waals surface area (Å²) in [5, 5.41) is 3.03. The molecule has 1 N–H and O–H groups in total. The fraction of sp³-hybridized carbons (Fsp3) is 0.154. The predicted molar refractivity (Wildman–Crippen MR) is 123 cm³/mol. The van der Waals surface area contributed by atoms with Crippen LogP contribution in [0.4, 0.5) is 20.2 Å². The van der Waals surface area contributed by atoms with E-state index < -0.39 is 23.4 Å². The van der Waals surface area contributed by atoms with Crippen molar-refractivity contribution in [3.63, 3.8) is 0 Å². The number of para-hydroxylation sites is 1. The Hall–Kier alpha value is -4.00. The summed E-state index contributed by atoms with van der Waals surface area (Å²) in [4.78, 5) is 27.6. The van der Waals surface area contributed by atoms with Gasteiger partial charge in [-0.25, -0.2) is 13.7 Å². The predicted octanol–water partition coefficient (Wildman–Crippen LogP) is 5.49. The first-order valence-corrected chi connectivity index (χ1v) is 10.4. The SMILES string of the molecule is COc1ccccc1C1=C(Nc2ccc(C(C)C)cc2)C(=O)N(c2ccc(F)cc2F)C1=O. The Balaban J connectivity index is 1.84. The molecule has 1 aliphatic rings. The molecule has 0 atom stereocenters. The lowest BCUT2D eigenvalue weighted by Gasteiger charge is -2.16. The standard InChI is InChI=1S/C26H22F2N2O3/c1-15(2)16-8-11-18(12-9-16)29-24-23(19-6-4-5-7-22(19)33-3)25(31)30(26(24)32)21-13-10-17(27)14-20(21)28/h4-15,29H,1-3H3. The van der Waals surface area contributed by atoms with E-state index in [1.807, 2.05) is 12.1 Å². The minimum atomic E-state index is -1.02. The molecule has 0 spiro atoms. The van der Waals surface area contributed by atoms with E-state index in [1.54, 1.807) is 36.4 Å². The van der Waals surface area contributed by atoms with E-state index >= 15 is 0 Å². The number of carbonyl (C=O) groups is 2. The summed E-state index contributed by atoms with van der Waals surface area (Å²) in [7, 11) is 1.45. The first-order valence-electron chi connectivity index (χ1n) is 10.4. The van der Waals surface area contributed by atoms with E-state index in [-0.39, 0.29) is 17.0 Å². The number of benzene rings is 3. The summed E-state index contributed by atoms with van der Waals surface area (Å²) in [5.41, 5.74) is 1.77. The zero-order valence-corrected chi connectivity index (χ0v) is 18.4. The van der Waals surface area contributed by atoms with Gasteiger partial charge in [0.05, 0.1) is 18.4 Å². The van der Waals surface area contributed by atoms with Gasteiger partial charge in [0.15, 0.2) is 0 Å². The molecule has 168 valence electrons. The molecule has 0 radical (unpaired) electrons. The normalized spacial score (nSPS) is 13.8. The summed E-state index contributed by atoms with van der Waals surface area (Å²) >= 11 is 0. The van der Waals surface area contributed by atoms with E-state index in [9.17, 15) is 18.4 Å². The number of rotatable bonds is 6. The summed E-state index contributed by atoms with van der Waals surface area (Å²) in [6.07, 6.45) is 0. The number of halogens is 2. The molecular weight excluding hydrogens is 426 g/mol. The molecular formula is C26H22F2N2O3. The Morgan fingerprint density at radius 2 is 1.61 bits per heavy atom. The van der Waals surface area contributed by atoms with Crippen LogP contribution in [0.1, 0.15) is 30.9 Å². The van der Waals surface area contributed by atoms with Crippen LogP contribution in [0.3, 0.4) is 0 Å². The number of nitrogens with one attached hydrogen (secondary N) is 1. The molecule has 33 heavy (non-hydrogen) atoms. The molecule has 0 saturated carbocycles. The van der Waals surface area contributed by atoms with Crippen molar-refractivity contribution in [2.75, 3.05) is 17.3 Å². The van der Waals surface area contributed by atoms with Gasteiger partial charge in [-0.15, -0.1) is 0 Å². The molecule has 4 rings (SSSR count). The van der Waals surface area contributed by atoms with Crippen molar-refractivity contribution in [3.05, 3.63) is 95.2 Å². The second kappa shape index (κ2) is 8.86. The highest BCUT2D eigenvalue weighted by Crippen LogP contribution is 2.38. The fourth-order valence-corrected chi connectivity index (χ4v) is 3.72. The first-order chi connectivity index (χ1) is 15.8. The number of ether oxygens (including phenoxy) is 1. The quantitative estimate of drug-likeness (QED) is 0.507. The van der Waals surface area contributed by atoms with E-state index in [0.717, 1.165) is 17.7 Å². The molecule has 0 bridgehead atoms. The Morgan fingerprint density at radius 3 is 2.24 bits per heavy atom. The van der Waals surface area contributed by atoms with Crippen molar-refractivity contribution in [1.82, 2.24) is 0 Å². The van der Waals surface area contributed by atoms with E-state index in [2.05, 4.69) is 19.2 Å². The van der Waals surface area contributed by atoms with Gasteiger partial charge in [-0.05, 0) is 41.8 Å². The van der Waals surface area contributed by atoms with Crippen LogP contribution < -0.4 is 15.0 Å². The van der Waals surface area contributed by atoms with Crippen LogP contribution in [0.5, 0.6) is 5.75 Å². The number of amides is 2. The lowest BCUT2D eigenvalue weighted by molar-refractivity contribution is -0.120. The molecule has 1 aliphatic heterocycles. The monoisotopic (exact) mass is 448 g/mol. The second-order valence-electron chi connectivity index (χ2n) is 7.89. The molecule has 0 saturated heterocycles. The number of nitrogens with zero attached hydrogens (tertiary/aromatic N) is 1. The Kier molecular flexibility index (Phi) is 5.96. The number of anilines is 2. The maximum atomic E-state index is 14.5. The van der Waals surface area contributed by atoms with Gasteiger partial charge in [0.2, 0.25) is 0 Å². The summed E-state index contributed by atoms with van der Waals surface area (Å²) < 4.78 is 33.4. The Bertz CT molecular complexity index is 1270. The number of hydrogen-bond donors (Lipinski definition) is 1. The van der Waals surface area contributed by atoms with Gasteiger partial charge < -0.3 is 10.1 Å². The topological polar surface area (TPSA) is 58.6 Å². The van der Waals surface area contributed by atoms with Crippen LogP contribution >= 0.6 is 0 Å². The average molecular weight is 448 g/mol. The first kappa shape index (κ1) is 22.2. The number of methoxy groups -OCH3 is 1. The van der Waals surface area contributed by atoms with Crippen LogP contribution in [-0.2, 0) is 9.59 Å². The van der Waals surface area contributed by atoms with Gasteiger partial charge in [-0.3, -0.25) is 9.59 Å². The van der Waals surface area contributed by atoms with Gasteiger partial charge in [0, 0.05) is 17.3 Å². The zero-order chi connectivity index (χ0) is 23.7. The molecule has 1 heterocycles. The Labute approximate surface area is 190 Å². The maximum absolute atomic E-state index is 14.5. The highest BCUT2D eigenvalue weighted by molar-refractivity contribution is 6.46. The van der Waals surface area contributed by atoms with Crippen LogP contribution in [0.15, 0.2) is 72.4 Å². The van der Waals surface area contributed by atoms with E-state index in [4.69, 9.17) is 4.74 Å². The van der Waals surface area contributed by atoms with Gasteiger partial charge in [0.25, 0.3) is 11.8 Å². The molecule has 0 unspecified atom stereocenters. The van der Waals surface area contributed by atoms with Crippen molar-refractivity contribution >= 4 is 28.8 Å². The highest BCUT2D eigenvalue weighted by Gasteiger charge is 2.42. The van der Waals surface area contributed by atoms with Crippen molar-refractivity contribution in [2.24, 2.45) is 0 Å². The molecule has 3 aromatic rings. The average Bonchev–Trinajstić information content (AvgIpc) is 3.03. The maximum Gasteiger partial charge on any atom is 0.282 e. The van der Waals surface area contributed by atoms with Gasteiger partial charge in [-0.1, -0.05) is 44.2 Å². The molecule has 0 fully saturated rings. The summed E-state index contributed by atoms with van der Waals surface area (Å²) in [5.74, 6) is -2.61. The van der Waals surface area contributed by atoms with Gasteiger partial charge in [-0.2, -0.15) is 0 Å².